The fourth-order valence-electron chi connectivity index (χ4n) is 1.91. The highest BCUT2D eigenvalue weighted by molar-refractivity contribution is 5.93. The summed E-state index contributed by atoms with van der Waals surface area (Å²) in [6, 6.07) is 1.71. The molecule has 1 aromatic heterocycles. The molecule has 1 aliphatic rings. The minimum atomic E-state index is -0.931. The number of pyridine rings is 1. The van der Waals surface area contributed by atoms with Crippen molar-refractivity contribution < 1.29 is 9.90 Å². The third kappa shape index (κ3) is 2.51. The predicted octanol–water partition coefficient (Wildman–Crippen LogP) is 2.38. The van der Waals surface area contributed by atoms with Crippen LogP contribution in [0.1, 0.15) is 36.0 Å². The minimum Gasteiger partial charge on any atom is -0.478 e. The zero-order valence-corrected chi connectivity index (χ0v) is 9.15. The van der Waals surface area contributed by atoms with Gasteiger partial charge in [-0.1, -0.05) is 19.3 Å². The maximum absolute atomic E-state index is 10.9. The lowest BCUT2D eigenvalue weighted by Gasteiger charge is -2.25. The Morgan fingerprint density at radius 1 is 1.56 bits per heavy atom. The molecule has 0 aromatic carbocycles. The van der Waals surface area contributed by atoms with Crippen LogP contribution in [0.4, 0.5) is 5.69 Å². The van der Waals surface area contributed by atoms with Gasteiger partial charge in [-0.2, -0.15) is 0 Å². The van der Waals surface area contributed by atoms with Crippen LogP contribution in [-0.4, -0.2) is 22.6 Å². The Bertz CT molecular complexity index is 375. The van der Waals surface area contributed by atoms with E-state index in [4.69, 9.17) is 5.11 Å². The van der Waals surface area contributed by atoms with Gasteiger partial charge in [0.2, 0.25) is 0 Å². The molecule has 1 fully saturated rings. The molecule has 0 amide bonds. The molecule has 16 heavy (non-hydrogen) atoms. The van der Waals surface area contributed by atoms with E-state index in [-0.39, 0.29) is 5.56 Å². The Kier molecular flexibility index (Phi) is 3.39. The Morgan fingerprint density at radius 2 is 2.38 bits per heavy atom. The van der Waals surface area contributed by atoms with Gasteiger partial charge in [-0.3, -0.25) is 4.98 Å². The second-order valence-corrected chi connectivity index (χ2v) is 4.24. The average Bonchev–Trinajstić information content (AvgIpc) is 2.22. The van der Waals surface area contributed by atoms with Gasteiger partial charge in [0.1, 0.15) is 5.56 Å². The van der Waals surface area contributed by atoms with Crippen molar-refractivity contribution in [2.45, 2.75) is 25.7 Å². The first-order valence-corrected chi connectivity index (χ1v) is 5.68. The lowest BCUT2D eigenvalue weighted by Crippen LogP contribution is -2.16. The highest BCUT2D eigenvalue weighted by Crippen LogP contribution is 2.29. The molecule has 4 heteroatoms. The van der Waals surface area contributed by atoms with Crippen LogP contribution in [0.5, 0.6) is 0 Å². The molecule has 0 atom stereocenters. The summed E-state index contributed by atoms with van der Waals surface area (Å²) < 4.78 is 0. The second kappa shape index (κ2) is 4.96. The summed E-state index contributed by atoms with van der Waals surface area (Å²) in [6.07, 6.45) is 8.11. The van der Waals surface area contributed by atoms with Crippen molar-refractivity contribution in [1.29, 1.82) is 0 Å². The van der Waals surface area contributed by atoms with Crippen molar-refractivity contribution in [2.24, 2.45) is 5.92 Å². The molecule has 0 bridgehead atoms. The fraction of sp³-hybridized carbons (Fsp3) is 0.500. The lowest BCUT2D eigenvalue weighted by atomic mass is 9.83. The van der Waals surface area contributed by atoms with Gasteiger partial charge < -0.3 is 10.4 Å². The SMILES string of the molecule is O=C(O)c1cnccc1NCCC1CCC1. The van der Waals surface area contributed by atoms with Crippen LogP contribution in [-0.2, 0) is 0 Å². The second-order valence-electron chi connectivity index (χ2n) is 4.24. The van der Waals surface area contributed by atoms with Gasteiger partial charge in [-0.25, -0.2) is 4.79 Å². The molecule has 2 N–H and O–H groups in total. The quantitative estimate of drug-likeness (QED) is 0.799. The number of anilines is 1. The van der Waals surface area contributed by atoms with Crippen LogP contribution in [0.15, 0.2) is 18.5 Å². The average molecular weight is 220 g/mol. The normalized spacial score (nSPS) is 15.5. The van der Waals surface area contributed by atoms with Crippen LogP contribution < -0.4 is 5.32 Å². The van der Waals surface area contributed by atoms with Gasteiger partial charge in [0.05, 0.1) is 5.69 Å². The van der Waals surface area contributed by atoms with E-state index in [9.17, 15) is 4.79 Å². The molecular formula is C12H16N2O2. The maximum Gasteiger partial charge on any atom is 0.339 e. The van der Waals surface area contributed by atoms with Gasteiger partial charge in [-0.05, 0) is 18.4 Å². The van der Waals surface area contributed by atoms with Gasteiger partial charge >= 0.3 is 5.97 Å². The zero-order chi connectivity index (χ0) is 11.4. The standard InChI is InChI=1S/C12H16N2O2/c15-12(16)10-8-13-6-5-11(10)14-7-4-9-2-1-3-9/h5-6,8-9H,1-4,7H2,(H,13,14)(H,15,16). The fourth-order valence-corrected chi connectivity index (χ4v) is 1.91. The van der Waals surface area contributed by atoms with Crippen LogP contribution in [0.3, 0.4) is 0 Å². The van der Waals surface area contributed by atoms with Crippen molar-refractivity contribution >= 4 is 11.7 Å². The number of carboxylic acid groups (broad SMARTS) is 1. The highest BCUT2D eigenvalue weighted by Gasteiger charge is 2.17. The molecular weight excluding hydrogens is 204 g/mol. The summed E-state index contributed by atoms with van der Waals surface area (Å²) in [7, 11) is 0. The Labute approximate surface area is 94.7 Å². The number of aromatic nitrogens is 1. The summed E-state index contributed by atoms with van der Waals surface area (Å²) in [5, 5.41) is 12.1. The van der Waals surface area contributed by atoms with E-state index in [2.05, 4.69) is 10.3 Å². The summed E-state index contributed by atoms with van der Waals surface area (Å²) in [4.78, 5) is 14.7. The molecule has 2 rings (SSSR count). The van der Waals surface area contributed by atoms with Gasteiger partial charge in [-0.15, -0.1) is 0 Å². The Hall–Kier alpha value is -1.58. The largest absolute Gasteiger partial charge is 0.478 e. The molecule has 1 saturated carbocycles. The summed E-state index contributed by atoms with van der Waals surface area (Å²) >= 11 is 0. The molecule has 86 valence electrons. The monoisotopic (exact) mass is 220 g/mol. The Morgan fingerprint density at radius 3 is 3.00 bits per heavy atom. The van der Waals surface area contributed by atoms with Gasteiger partial charge in [0.25, 0.3) is 0 Å². The third-order valence-electron chi connectivity index (χ3n) is 3.14. The van der Waals surface area contributed by atoms with E-state index in [0.717, 1.165) is 18.9 Å². The zero-order valence-electron chi connectivity index (χ0n) is 9.15. The number of aromatic carboxylic acids is 1. The van der Waals surface area contributed by atoms with Gasteiger partial charge in [0, 0.05) is 18.9 Å². The van der Waals surface area contributed by atoms with E-state index in [0.29, 0.717) is 5.69 Å². The number of carboxylic acids is 1. The van der Waals surface area contributed by atoms with E-state index in [1.165, 1.54) is 25.5 Å². The molecule has 1 aliphatic carbocycles. The highest BCUT2D eigenvalue weighted by atomic mass is 16.4. The molecule has 4 nitrogen and oxygen atoms in total. The van der Waals surface area contributed by atoms with E-state index >= 15 is 0 Å². The minimum absolute atomic E-state index is 0.246. The number of rotatable bonds is 5. The molecule has 0 unspecified atom stereocenters. The molecule has 0 aliphatic heterocycles. The predicted molar refractivity (Wildman–Crippen MR) is 61.6 cm³/mol. The van der Waals surface area contributed by atoms with Crippen molar-refractivity contribution in [2.75, 3.05) is 11.9 Å². The van der Waals surface area contributed by atoms with E-state index in [1.54, 1.807) is 12.3 Å². The summed E-state index contributed by atoms with van der Waals surface area (Å²) in [5.41, 5.74) is 0.915. The first kappa shape index (κ1) is 10.9. The smallest absolute Gasteiger partial charge is 0.339 e. The van der Waals surface area contributed by atoms with Crippen LogP contribution in [0.2, 0.25) is 0 Å². The molecule has 0 spiro atoms. The first-order valence-electron chi connectivity index (χ1n) is 5.68. The van der Waals surface area contributed by atoms with Crippen LogP contribution in [0.25, 0.3) is 0 Å². The van der Waals surface area contributed by atoms with Crippen LogP contribution >= 0.6 is 0 Å². The van der Waals surface area contributed by atoms with E-state index in [1.807, 2.05) is 0 Å². The summed E-state index contributed by atoms with van der Waals surface area (Å²) in [6.45, 7) is 0.842. The van der Waals surface area contributed by atoms with Crippen molar-refractivity contribution in [3.05, 3.63) is 24.0 Å². The van der Waals surface area contributed by atoms with Crippen molar-refractivity contribution in [3.8, 4) is 0 Å². The number of nitrogens with one attached hydrogen (secondary N) is 1. The molecule has 1 heterocycles. The molecule has 0 radical (unpaired) electrons. The molecule has 1 aromatic rings. The molecule has 0 saturated heterocycles. The lowest BCUT2D eigenvalue weighted by molar-refractivity contribution is 0.0697. The number of nitrogens with zero attached hydrogens (tertiary/aromatic N) is 1. The van der Waals surface area contributed by atoms with Crippen LogP contribution in [0, 0.1) is 5.92 Å². The van der Waals surface area contributed by atoms with Crippen molar-refractivity contribution in [1.82, 2.24) is 4.98 Å². The number of hydrogen-bond acceptors (Lipinski definition) is 3. The van der Waals surface area contributed by atoms with E-state index < -0.39 is 5.97 Å². The Balaban J connectivity index is 1.89. The van der Waals surface area contributed by atoms with Crippen molar-refractivity contribution in [3.63, 3.8) is 0 Å². The van der Waals surface area contributed by atoms with Gasteiger partial charge in [0.15, 0.2) is 0 Å². The first-order chi connectivity index (χ1) is 7.77. The topological polar surface area (TPSA) is 62.2 Å². The number of carbonyl (C=O) groups is 1. The number of hydrogen-bond donors (Lipinski definition) is 2. The summed E-state index contributed by atoms with van der Waals surface area (Å²) in [5.74, 6) is -0.0955. The maximum atomic E-state index is 10.9. The third-order valence-corrected chi connectivity index (χ3v) is 3.14.